The monoisotopic (exact) mass is 406 g/mol. The molecule has 160 valence electrons. The quantitative estimate of drug-likeness (QED) is 0.300. The van der Waals surface area contributed by atoms with E-state index in [4.69, 9.17) is 9.47 Å². The molecule has 4 unspecified atom stereocenters. The highest BCUT2D eigenvalue weighted by atomic mass is 32.2. The maximum Gasteiger partial charge on any atom is 0.324 e. The molecular weight excluding hydrogens is 368 g/mol. The van der Waals surface area contributed by atoms with E-state index in [-0.39, 0.29) is 25.0 Å². The lowest BCUT2D eigenvalue weighted by atomic mass is 10.0. The second-order valence-corrected chi connectivity index (χ2v) is 8.24. The first kappa shape index (κ1) is 26.1. The fourth-order valence-corrected chi connectivity index (χ4v) is 3.26. The van der Waals surface area contributed by atoms with E-state index in [1.54, 1.807) is 0 Å². The molecule has 0 rings (SSSR count). The molecule has 0 aromatic carbocycles. The molecule has 6 nitrogen and oxygen atoms in total. The summed E-state index contributed by atoms with van der Waals surface area (Å²) in [7, 11) is 0. The van der Waals surface area contributed by atoms with Crippen molar-refractivity contribution < 1.29 is 27.8 Å². The van der Waals surface area contributed by atoms with Gasteiger partial charge in [0.15, 0.2) is 16.3 Å². The number of rotatable bonds is 16. The summed E-state index contributed by atoms with van der Waals surface area (Å²) >= 11 is -2.47. The Morgan fingerprint density at radius 2 is 1.37 bits per heavy atom. The summed E-state index contributed by atoms with van der Waals surface area (Å²) in [6.45, 7) is 8.77. The Morgan fingerprint density at radius 1 is 0.889 bits per heavy atom. The Kier molecular flexibility index (Phi) is 15.5. The fourth-order valence-electron chi connectivity index (χ4n) is 2.75. The van der Waals surface area contributed by atoms with Gasteiger partial charge in [-0.2, -0.15) is 0 Å². The molecule has 0 saturated heterocycles. The molecule has 0 saturated carbocycles. The van der Waals surface area contributed by atoms with Gasteiger partial charge in [0.25, 0.3) is 0 Å². The summed E-state index contributed by atoms with van der Waals surface area (Å²) in [6, 6.07) is 0. The Hall–Kier alpha value is -0.950. The summed E-state index contributed by atoms with van der Waals surface area (Å²) in [6.07, 6.45) is 7.54. The molecule has 0 bridgehead atoms. The van der Waals surface area contributed by atoms with Crippen LogP contribution in [0, 0.1) is 11.8 Å². The topological polar surface area (TPSA) is 89.9 Å². The Morgan fingerprint density at radius 3 is 1.78 bits per heavy atom. The van der Waals surface area contributed by atoms with E-state index in [1.807, 2.05) is 13.8 Å². The average Bonchev–Trinajstić information content (AvgIpc) is 2.65. The van der Waals surface area contributed by atoms with Crippen LogP contribution in [0.1, 0.15) is 85.5 Å². The minimum absolute atomic E-state index is 0.215. The van der Waals surface area contributed by atoms with Gasteiger partial charge in [-0.05, 0) is 24.7 Å². The van der Waals surface area contributed by atoms with E-state index < -0.39 is 34.7 Å². The van der Waals surface area contributed by atoms with Crippen LogP contribution in [0.2, 0.25) is 0 Å². The third-order valence-electron chi connectivity index (χ3n) is 4.89. The third kappa shape index (κ3) is 12.2. The highest BCUT2D eigenvalue weighted by molar-refractivity contribution is 7.80. The molecule has 0 aliphatic rings. The van der Waals surface area contributed by atoms with Crippen molar-refractivity contribution in [1.29, 1.82) is 0 Å². The molecule has 1 N–H and O–H groups in total. The average molecular weight is 407 g/mol. The molecular formula is C20H38O6S. The predicted octanol–water partition coefficient (Wildman–Crippen LogP) is 4.49. The van der Waals surface area contributed by atoms with Crippen molar-refractivity contribution in [2.24, 2.45) is 11.8 Å². The number of carbonyl (C=O) groups excluding carboxylic acids is 2. The predicted molar refractivity (Wildman–Crippen MR) is 108 cm³/mol. The van der Waals surface area contributed by atoms with Gasteiger partial charge >= 0.3 is 11.9 Å². The van der Waals surface area contributed by atoms with Crippen LogP contribution in [0.5, 0.6) is 0 Å². The zero-order valence-electron chi connectivity index (χ0n) is 17.4. The van der Waals surface area contributed by atoms with Gasteiger partial charge in [0.05, 0.1) is 19.6 Å². The first-order valence-electron chi connectivity index (χ1n) is 10.3. The minimum Gasteiger partial charge on any atom is -0.465 e. The van der Waals surface area contributed by atoms with E-state index >= 15 is 0 Å². The molecule has 0 aliphatic carbocycles. The molecule has 4 atom stereocenters. The number of hydrogen-bond acceptors (Lipinski definition) is 5. The van der Waals surface area contributed by atoms with Gasteiger partial charge in [0.2, 0.25) is 0 Å². The van der Waals surface area contributed by atoms with Crippen molar-refractivity contribution in [3.63, 3.8) is 0 Å². The molecule has 0 aromatic heterocycles. The molecule has 0 radical (unpaired) electrons. The smallest absolute Gasteiger partial charge is 0.324 e. The van der Waals surface area contributed by atoms with Crippen molar-refractivity contribution in [2.75, 3.05) is 13.2 Å². The van der Waals surface area contributed by atoms with Crippen molar-refractivity contribution in [3.05, 3.63) is 0 Å². The van der Waals surface area contributed by atoms with Crippen LogP contribution in [-0.4, -0.2) is 39.2 Å². The van der Waals surface area contributed by atoms with E-state index in [1.165, 1.54) is 0 Å². The van der Waals surface area contributed by atoms with Gasteiger partial charge in [0, 0.05) is 0 Å². The van der Waals surface area contributed by atoms with Crippen LogP contribution < -0.4 is 0 Å². The van der Waals surface area contributed by atoms with Crippen LogP contribution >= 0.6 is 0 Å². The molecule has 0 aromatic rings. The van der Waals surface area contributed by atoms with Crippen LogP contribution in [0.25, 0.3) is 0 Å². The van der Waals surface area contributed by atoms with Gasteiger partial charge in [-0.3, -0.25) is 9.59 Å². The van der Waals surface area contributed by atoms with E-state index in [0.717, 1.165) is 51.4 Å². The zero-order valence-corrected chi connectivity index (χ0v) is 18.2. The highest BCUT2D eigenvalue weighted by Gasteiger charge is 2.30. The molecule has 0 fully saturated rings. The van der Waals surface area contributed by atoms with Crippen molar-refractivity contribution in [1.82, 2.24) is 0 Å². The third-order valence-corrected chi connectivity index (χ3v) is 5.73. The van der Waals surface area contributed by atoms with Gasteiger partial charge in [-0.15, -0.1) is 0 Å². The number of esters is 2. The fraction of sp³-hybridized carbons (Fsp3) is 0.900. The first-order chi connectivity index (χ1) is 12.9. The summed E-state index contributed by atoms with van der Waals surface area (Å²) in [5, 5.41) is -1.39. The van der Waals surface area contributed by atoms with Crippen LogP contribution in [0.15, 0.2) is 0 Å². The Labute approximate surface area is 167 Å². The van der Waals surface area contributed by atoms with Crippen LogP contribution in [-0.2, 0) is 30.1 Å². The lowest BCUT2D eigenvalue weighted by Gasteiger charge is -2.18. The molecule has 0 spiro atoms. The lowest BCUT2D eigenvalue weighted by Crippen LogP contribution is -2.32. The number of unbranched alkanes of at least 4 members (excludes halogenated alkanes) is 2. The van der Waals surface area contributed by atoms with Gasteiger partial charge in [-0.1, -0.05) is 66.2 Å². The summed E-state index contributed by atoms with van der Waals surface area (Å²) in [4.78, 5) is 24.2. The van der Waals surface area contributed by atoms with E-state index in [9.17, 15) is 18.4 Å². The van der Waals surface area contributed by atoms with E-state index in [2.05, 4.69) is 13.8 Å². The number of carbonyl (C=O) groups is 2. The zero-order chi connectivity index (χ0) is 20.7. The van der Waals surface area contributed by atoms with Crippen molar-refractivity contribution in [3.8, 4) is 0 Å². The van der Waals surface area contributed by atoms with Crippen LogP contribution in [0.4, 0.5) is 0 Å². The SMILES string of the molecule is CCCCC(CC)COC(=O)CC(C(=O)OCC(CC)CCCC)S(=O)O. The maximum absolute atomic E-state index is 12.2. The second-order valence-electron chi connectivity index (χ2n) is 7.11. The van der Waals surface area contributed by atoms with Gasteiger partial charge in [0.1, 0.15) is 0 Å². The molecule has 0 aliphatic heterocycles. The largest absolute Gasteiger partial charge is 0.465 e. The molecule has 7 heteroatoms. The van der Waals surface area contributed by atoms with E-state index in [0.29, 0.717) is 0 Å². The Bertz CT molecular complexity index is 440. The minimum atomic E-state index is -2.47. The second kappa shape index (κ2) is 16.0. The van der Waals surface area contributed by atoms with Crippen molar-refractivity contribution in [2.45, 2.75) is 90.7 Å². The highest BCUT2D eigenvalue weighted by Crippen LogP contribution is 2.16. The van der Waals surface area contributed by atoms with Gasteiger partial charge < -0.3 is 14.0 Å². The molecule has 27 heavy (non-hydrogen) atoms. The normalized spacial score (nSPS) is 15.6. The summed E-state index contributed by atoms with van der Waals surface area (Å²) in [5.41, 5.74) is 0. The van der Waals surface area contributed by atoms with Gasteiger partial charge in [-0.25, -0.2) is 4.21 Å². The van der Waals surface area contributed by atoms with Crippen LogP contribution in [0.3, 0.4) is 0 Å². The van der Waals surface area contributed by atoms with Crippen molar-refractivity contribution >= 4 is 23.0 Å². The first-order valence-corrected chi connectivity index (χ1v) is 11.5. The lowest BCUT2D eigenvalue weighted by molar-refractivity contribution is -0.151. The number of hydrogen-bond donors (Lipinski definition) is 1. The molecule has 0 heterocycles. The standard InChI is InChI=1S/C20H38O6S/c1-5-9-11-16(7-3)14-25-19(21)13-18(27(23)24)20(22)26-15-17(8-4)12-10-6-2/h16-18H,5-15H2,1-4H3,(H,23,24). The Balaban J connectivity index is 4.50. The maximum atomic E-state index is 12.2. The summed E-state index contributed by atoms with van der Waals surface area (Å²) < 4.78 is 31.3. The summed E-state index contributed by atoms with van der Waals surface area (Å²) in [5.74, 6) is -0.923. The number of ether oxygens (including phenoxy) is 2. The molecule has 0 amide bonds.